The van der Waals surface area contributed by atoms with Crippen molar-refractivity contribution in [3.8, 4) is 12.3 Å². The van der Waals surface area contributed by atoms with Gasteiger partial charge >= 0.3 is 0 Å². The monoisotopic (exact) mass is 630 g/mol. The fourth-order valence-corrected chi connectivity index (χ4v) is 6.18. The molecule has 1 aliphatic carbocycles. The highest BCUT2D eigenvalue weighted by molar-refractivity contribution is 5.91. The summed E-state index contributed by atoms with van der Waals surface area (Å²) in [4.78, 5) is 46.8. The number of nitrogens with one attached hydrogen (secondary N) is 2. The minimum Gasteiger partial charge on any atom is -0.391 e. The maximum absolute atomic E-state index is 13.8. The number of aliphatic hydroxyl groups is 1. The molecule has 3 amide bonds. The normalized spacial score (nSPS) is 16.1. The predicted octanol–water partition coefficient (Wildman–Crippen LogP) is 5.09. The van der Waals surface area contributed by atoms with Gasteiger partial charge in [-0.15, -0.1) is 12.3 Å². The number of terminal acetylenes is 1. The van der Waals surface area contributed by atoms with Gasteiger partial charge in [-0.2, -0.15) is 0 Å². The van der Waals surface area contributed by atoms with Gasteiger partial charge in [-0.1, -0.05) is 82.3 Å². The van der Waals surface area contributed by atoms with Crippen molar-refractivity contribution in [3.63, 3.8) is 0 Å². The van der Waals surface area contributed by atoms with Crippen LogP contribution >= 0.6 is 0 Å². The van der Waals surface area contributed by atoms with Gasteiger partial charge in [0.1, 0.15) is 6.04 Å². The Balaban J connectivity index is 1.71. The summed E-state index contributed by atoms with van der Waals surface area (Å²) in [6.45, 7) is 4.71. The van der Waals surface area contributed by atoms with Gasteiger partial charge in [0, 0.05) is 44.7 Å². The number of aliphatic hydroxyl groups excluding tert-OH is 1. The van der Waals surface area contributed by atoms with E-state index in [0.29, 0.717) is 44.1 Å². The number of nitrogens with zero attached hydrogens (tertiary/aromatic N) is 2. The van der Waals surface area contributed by atoms with E-state index in [4.69, 9.17) is 6.42 Å². The van der Waals surface area contributed by atoms with Crippen LogP contribution in [-0.4, -0.2) is 64.5 Å². The Hall–Kier alpha value is -3.70. The highest BCUT2D eigenvalue weighted by Crippen LogP contribution is 2.29. The first-order valence-corrected chi connectivity index (χ1v) is 17.1. The van der Waals surface area contributed by atoms with Crippen LogP contribution in [0, 0.1) is 30.1 Å². The third kappa shape index (κ3) is 13.0. The van der Waals surface area contributed by atoms with Crippen molar-refractivity contribution >= 4 is 17.7 Å². The van der Waals surface area contributed by atoms with Gasteiger partial charge in [0.05, 0.1) is 18.1 Å². The number of hydrogen-bond acceptors (Lipinski definition) is 5. The van der Waals surface area contributed by atoms with Crippen LogP contribution in [-0.2, 0) is 27.2 Å². The van der Waals surface area contributed by atoms with Gasteiger partial charge in [0.15, 0.2) is 0 Å². The predicted molar refractivity (Wildman–Crippen MR) is 182 cm³/mol. The Morgan fingerprint density at radius 1 is 1.00 bits per heavy atom. The maximum Gasteiger partial charge on any atom is 0.243 e. The minimum absolute atomic E-state index is 0.00575. The lowest BCUT2D eigenvalue weighted by molar-refractivity contribution is -0.136. The van der Waals surface area contributed by atoms with Gasteiger partial charge in [-0.05, 0) is 55.2 Å². The summed E-state index contributed by atoms with van der Waals surface area (Å²) in [6, 6.07) is 13.9. The van der Waals surface area contributed by atoms with Gasteiger partial charge in [0.2, 0.25) is 17.7 Å². The van der Waals surface area contributed by atoms with E-state index in [-0.39, 0.29) is 18.7 Å². The van der Waals surface area contributed by atoms with Crippen LogP contribution in [0.15, 0.2) is 54.7 Å². The standard InChI is InChI=1S/C38H54N4O4/c1-5-14-33(38(46)41-34(35(43)21-20-28(2)3)26-30-17-10-7-11-18-30)40-37(45)31(25-29-15-8-6-9-16-29)27-36(44)42(4)24-22-32-19-12-13-23-39-32/h1,6,8-9,12-13,15-16,19,23,28,30-31,33-35,43H,7,10-11,14,17-18,20-22,24-27H2,2-4H3,(H,40,45)(H,41,46)/t31?,33-,34-,35-/m0/s1. The highest BCUT2D eigenvalue weighted by Gasteiger charge is 2.31. The van der Waals surface area contributed by atoms with Crippen LogP contribution in [0.2, 0.25) is 0 Å². The molecule has 1 fully saturated rings. The second kappa shape index (κ2) is 19.7. The van der Waals surface area contributed by atoms with Crippen LogP contribution in [0.5, 0.6) is 0 Å². The fourth-order valence-electron chi connectivity index (χ4n) is 6.18. The molecule has 1 aromatic heterocycles. The quantitative estimate of drug-likeness (QED) is 0.199. The number of hydrogen-bond donors (Lipinski definition) is 3. The maximum atomic E-state index is 13.8. The van der Waals surface area contributed by atoms with Crippen LogP contribution in [0.1, 0.15) is 89.3 Å². The lowest BCUT2D eigenvalue weighted by Crippen LogP contribution is -2.54. The van der Waals surface area contributed by atoms with E-state index in [9.17, 15) is 19.5 Å². The summed E-state index contributed by atoms with van der Waals surface area (Å²) in [6.07, 6.45) is 15.6. The molecule has 1 unspecified atom stereocenters. The molecular weight excluding hydrogens is 576 g/mol. The van der Waals surface area contributed by atoms with E-state index in [0.717, 1.165) is 30.5 Å². The summed E-state index contributed by atoms with van der Waals surface area (Å²) >= 11 is 0. The number of benzene rings is 1. The first kappa shape index (κ1) is 36.8. The molecule has 3 rings (SSSR count). The Labute approximate surface area is 276 Å². The van der Waals surface area contributed by atoms with Crippen LogP contribution < -0.4 is 10.6 Å². The first-order valence-electron chi connectivity index (χ1n) is 17.1. The van der Waals surface area contributed by atoms with Gasteiger partial charge in [-0.25, -0.2) is 0 Å². The van der Waals surface area contributed by atoms with Crippen LogP contribution in [0.25, 0.3) is 0 Å². The van der Waals surface area contributed by atoms with Crippen molar-refractivity contribution in [1.29, 1.82) is 0 Å². The van der Waals surface area contributed by atoms with Crippen LogP contribution in [0.3, 0.4) is 0 Å². The zero-order valence-electron chi connectivity index (χ0n) is 28.0. The van der Waals surface area contributed by atoms with Crippen LogP contribution in [0.4, 0.5) is 0 Å². The van der Waals surface area contributed by atoms with Crippen molar-refractivity contribution in [2.24, 2.45) is 17.8 Å². The van der Waals surface area contributed by atoms with E-state index in [1.165, 1.54) is 19.3 Å². The molecule has 8 nitrogen and oxygen atoms in total. The third-order valence-corrected chi connectivity index (χ3v) is 9.07. The number of aromatic nitrogens is 1. The molecule has 1 saturated carbocycles. The number of carbonyl (C=O) groups is 3. The molecule has 0 radical (unpaired) electrons. The largest absolute Gasteiger partial charge is 0.391 e. The second-order valence-corrected chi connectivity index (χ2v) is 13.3. The van der Waals surface area contributed by atoms with Crippen molar-refractivity contribution in [2.45, 2.75) is 109 Å². The van der Waals surface area contributed by atoms with Crippen molar-refractivity contribution < 1.29 is 19.5 Å². The summed E-state index contributed by atoms with van der Waals surface area (Å²) in [5, 5.41) is 17.1. The second-order valence-electron chi connectivity index (χ2n) is 13.3. The Morgan fingerprint density at radius 2 is 1.72 bits per heavy atom. The third-order valence-electron chi connectivity index (χ3n) is 9.07. The molecule has 46 heavy (non-hydrogen) atoms. The summed E-state index contributed by atoms with van der Waals surface area (Å²) < 4.78 is 0. The molecular formula is C38H54N4O4. The van der Waals surface area contributed by atoms with Gasteiger partial charge in [0.25, 0.3) is 0 Å². The summed E-state index contributed by atoms with van der Waals surface area (Å²) in [5.41, 5.74) is 1.81. The van der Waals surface area contributed by atoms with Crippen molar-refractivity contribution in [1.82, 2.24) is 20.5 Å². The zero-order chi connectivity index (χ0) is 33.3. The van der Waals surface area contributed by atoms with E-state index < -0.39 is 35.9 Å². The first-order chi connectivity index (χ1) is 22.2. The highest BCUT2D eigenvalue weighted by atomic mass is 16.3. The van der Waals surface area contributed by atoms with E-state index in [1.54, 1.807) is 18.1 Å². The number of pyridine rings is 1. The van der Waals surface area contributed by atoms with E-state index in [2.05, 4.69) is 35.4 Å². The lowest BCUT2D eigenvalue weighted by atomic mass is 9.83. The Morgan fingerprint density at radius 3 is 2.37 bits per heavy atom. The average Bonchev–Trinajstić information content (AvgIpc) is 3.06. The molecule has 1 aliphatic rings. The Bertz CT molecular complexity index is 1240. The Kier molecular flexibility index (Phi) is 15.8. The summed E-state index contributed by atoms with van der Waals surface area (Å²) in [5.74, 6) is 1.78. The molecule has 1 heterocycles. The number of rotatable bonds is 18. The number of likely N-dealkylation sites (N-methyl/N-ethyl adjacent to an activating group) is 1. The van der Waals surface area contributed by atoms with Gasteiger partial charge < -0.3 is 20.6 Å². The molecule has 8 heteroatoms. The molecule has 0 saturated heterocycles. The molecule has 4 atom stereocenters. The zero-order valence-corrected chi connectivity index (χ0v) is 28.0. The minimum atomic E-state index is -0.973. The smallest absolute Gasteiger partial charge is 0.243 e. The van der Waals surface area contributed by atoms with E-state index in [1.807, 2.05) is 48.5 Å². The van der Waals surface area contributed by atoms with Gasteiger partial charge in [-0.3, -0.25) is 19.4 Å². The molecule has 2 aromatic rings. The fraction of sp³-hybridized carbons (Fsp3) is 0.579. The van der Waals surface area contributed by atoms with Crippen molar-refractivity contribution in [3.05, 3.63) is 66.0 Å². The average molecular weight is 631 g/mol. The molecule has 0 bridgehead atoms. The summed E-state index contributed by atoms with van der Waals surface area (Å²) in [7, 11) is 1.73. The molecule has 3 N–H and O–H groups in total. The van der Waals surface area contributed by atoms with E-state index >= 15 is 0 Å². The molecule has 0 aliphatic heterocycles. The molecule has 0 spiro atoms. The SMILES string of the molecule is C#CC[C@H](NC(=O)C(CC(=O)N(C)CCc1ccccn1)Cc1ccccc1)C(=O)N[C@@H](CC1CCCCC1)[C@@H](O)CCC(C)C. The lowest BCUT2D eigenvalue weighted by Gasteiger charge is -2.32. The number of carbonyl (C=O) groups excluding carboxylic acids is 3. The topological polar surface area (TPSA) is 112 Å². The molecule has 250 valence electrons. The number of amides is 3. The molecule has 1 aromatic carbocycles. The van der Waals surface area contributed by atoms with Crippen molar-refractivity contribution in [2.75, 3.05) is 13.6 Å².